The zero-order valence-corrected chi connectivity index (χ0v) is 20.0. The molecule has 0 fully saturated rings. The third-order valence-corrected chi connectivity index (χ3v) is 5.00. The van der Waals surface area contributed by atoms with Crippen LogP contribution in [0.25, 0.3) is 0 Å². The fraction of sp³-hybridized carbons (Fsp3) is 0.292. The van der Waals surface area contributed by atoms with Crippen molar-refractivity contribution in [1.82, 2.24) is 4.90 Å². The first-order chi connectivity index (χ1) is 17.5. The van der Waals surface area contributed by atoms with Crippen LogP contribution in [0.5, 0.6) is 0 Å². The van der Waals surface area contributed by atoms with E-state index in [4.69, 9.17) is 16.2 Å². The van der Waals surface area contributed by atoms with Crippen molar-refractivity contribution in [1.29, 1.82) is 5.41 Å². The summed E-state index contributed by atoms with van der Waals surface area (Å²) in [6.45, 7) is 1.66. The molecule has 6 N–H and O–H groups in total. The van der Waals surface area contributed by atoms with Gasteiger partial charge in [-0.25, -0.2) is 4.79 Å². The van der Waals surface area contributed by atoms with Crippen molar-refractivity contribution < 1.29 is 41.0 Å². The maximum Gasteiger partial charge on any atom is 0.418 e. The molecule has 38 heavy (non-hydrogen) atoms. The highest BCUT2D eigenvalue weighted by Crippen LogP contribution is 2.41. The summed E-state index contributed by atoms with van der Waals surface area (Å²) in [5.41, 5.74) is 0.984. The van der Waals surface area contributed by atoms with Gasteiger partial charge in [0.1, 0.15) is 12.4 Å². The highest BCUT2D eigenvalue weighted by Gasteiger charge is 2.40. The fourth-order valence-corrected chi connectivity index (χ4v) is 3.15. The van der Waals surface area contributed by atoms with Crippen molar-refractivity contribution in [2.24, 2.45) is 5.73 Å². The number of carbonyl (C=O) groups is 2. The predicted octanol–water partition coefficient (Wildman–Crippen LogP) is 4.80. The lowest BCUT2D eigenvalue weighted by Crippen LogP contribution is -2.43. The van der Waals surface area contributed by atoms with Gasteiger partial charge in [0.05, 0.1) is 23.4 Å². The number of anilines is 2. The number of carboxylic acids is 1. The first-order valence-corrected chi connectivity index (χ1v) is 10.8. The largest absolute Gasteiger partial charge is 0.480 e. The number of hydrogen-bond acceptors (Lipinski definition) is 4. The Morgan fingerprint density at radius 3 is 2.11 bits per heavy atom. The lowest BCUT2D eigenvalue weighted by Gasteiger charge is -2.26. The Balaban J connectivity index is 2.43. The molecule has 0 heterocycles. The van der Waals surface area contributed by atoms with Gasteiger partial charge in [0.15, 0.2) is 0 Å². The minimum absolute atomic E-state index is 0.123. The fourth-order valence-electron chi connectivity index (χ4n) is 3.15. The molecule has 0 bridgehead atoms. The van der Waals surface area contributed by atoms with E-state index in [1.165, 1.54) is 38.1 Å². The number of alkyl halides is 6. The van der Waals surface area contributed by atoms with Crippen molar-refractivity contribution in [3.05, 3.63) is 58.7 Å². The van der Waals surface area contributed by atoms with Gasteiger partial charge in [-0.2, -0.15) is 26.3 Å². The van der Waals surface area contributed by atoms with Crippen molar-refractivity contribution in [3.63, 3.8) is 0 Å². The van der Waals surface area contributed by atoms with Crippen molar-refractivity contribution in [2.45, 2.75) is 32.2 Å². The van der Waals surface area contributed by atoms with E-state index in [9.17, 15) is 35.9 Å². The number of nitrogen functional groups attached to an aromatic ring is 1. The molecule has 0 aliphatic carbocycles. The lowest BCUT2D eigenvalue weighted by molar-refractivity contribution is -0.141. The summed E-state index contributed by atoms with van der Waals surface area (Å²) in [6.07, 6.45) is -10.3. The van der Waals surface area contributed by atoms with Gasteiger partial charge in [-0.3, -0.25) is 10.2 Å². The highest BCUT2D eigenvalue weighted by molar-refractivity contribution is 5.95. The number of benzene rings is 2. The van der Waals surface area contributed by atoms with E-state index in [1.807, 2.05) is 0 Å². The molecule has 2 rings (SSSR count). The average Bonchev–Trinajstić information content (AvgIpc) is 2.79. The molecule has 204 valence electrons. The van der Waals surface area contributed by atoms with Crippen LogP contribution in [0.2, 0.25) is 0 Å². The number of hydrogen-bond donors (Lipinski definition) is 5. The van der Waals surface area contributed by atoms with Gasteiger partial charge in [-0.05, 0) is 50.2 Å². The molecule has 0 saturated carbocycles. The highest BCUT2D eigenvalue weighted by atomic mass is 19.4. The van der Waals surface area contributed by atoms with Crippen LogP contribution in [0.3, 0.4) is 0 Å². The monoisotopic (exact) mass is 543 g/mol. The summed E-state index contributed by atoms with van der Waals surface area (Å²) >= 11 is 0. The van der Waals surface area contributed by atoms with Crippen molar-refractivity contribution in [3.8, 4) is 11.8 Å². The summed E-state index contributed by atoms with van der Waals surface area (Å²) in [5.74, 6) is 2.80. The van der Waals surface area contributed by atoms with Gasteiger partial charge >= 0.3 is 24.4 Å². The van der Waals surface area contributed by atoms with Gasteiger partial charge in [-0.1, -0.05) is 11.8 Å². The number of nitrogens with one attached hydrogen (secondary N) is 3. The number of rotatable bonds is 7. The van der Waals surface area contributed by atoms with Crippen LogP contribution in [0.1, 0.15) is 36.1 Å². The molecule has 0 aromatic heterocycles. The molecule has 2 amide bonds. The number of urea groups is 1. The first kappa shape index (κ1) is 29.8. The van der Waals surface area contributed by atoms with Gasteiger partial charge in [0, 0.05) is 22.9 Å². The molecule has 0 radical (unpaired) electrons. The van der Waals surface area contributed by atoms with Crippen LogP contribution in [0, 0.1) is 17.3 Å². The summed E-state index contributed by atoms with van der Waals surface area (Å²) < 4.78 is 82.5. The molecule has 0 unspecified atom stereocenters. The molecular formula is C24H23F6N5O3. The van der Waals surface area contributed by atoms with Gasteiger partial charge in [-0.15, -0.1) is 0 Å². The molecule has 14 heteroatoms. The smallest absolute Gasteiger partial charge is 0.418 e. The standard InChI is InChI=1S/C24H23F6N5O3/c1-13(2)35(12-20(36)37)22(38)34-19-11-17(23(25,26)27)15(10-18(19)24(28,29)30)4-3-9-33-16-7-5-14(6-8-16)21(31)32/h5-8,10-11,13,33H,9,12H2,1-2H3,(H3,31,32)(H,34,38)(H,36,37). The molecule has 0 atom stereocenters. The number of halogens is 6. The first-order valence-electron chi connectivity index (χ1n) is 10.8. The van der Waals surface area contributed by atoms with Crippen LogP contribution in [0.15, 0.2) is 36.4 Å². The van der Waals surface area contributed by atoms with E-state index in [-0.39, 0.29) is 24.5 Å². The normalized spacial score (nSPS) is 11.4. The minimum atomic E-state index is -5.17. The number of carbonyl (C=O) groups excluding carboxylic acids is 1. The second-order valence-electron chi connectivity index (χ2n) is 8.13. The van der Waals surface area contributed by atoms with Crippen molar-refractivity contribution >= 4 is 29.2 Å². The summed E-state index contributed by atoms with van der Waals surface area (Å²) in [7, 11) is 0. The third kappa shape index (κ3) is 8.05. The molecule has 0 aliphatic heterocycles. The zero-order valence-electron chi connectivity index (χ0n) is 20.0. The van der Waals surface area contributed by atoms with Crippen LogP contribution in [-0.4, -0.2) is 47.0 Å². The topological polar surface area (TPSA) is 132 Å². The Morgan fingerprint density at radius 2 is 1.63 bits per heavy atom. The van der Waals surface area contributed by atoms with E-state index in [0.29, 0.717) is 16.2 Å². The van der Waals surface area contributed by atoms with Crippen LogP contribution in [0.4, 0.5) is 42.5 Å². The van der Waals surface area contributed by atoms with Crippen LogP contribution >= 0.6 is 0 Å². The Kier molecular flexibility index (Phi) is 9.23. The van der Waals surface area contributed by atoms with E-state index >= 15 is 0 Å². The van der Waals surface area contributed by atoms with Gasteiger partial charge in [0.2, 0.25) is 0 Å². The molecule has 8 nitrogen and oxygen atoms in total. The van der Waals surface area contributed by atoms with Gasteiger partial charge in [0.25, 0.3) is 0 Å². The zero-order chi connectivity index (χ0) is 28.8. The average molecular weight is 543 g/mol. The minimum Gasteiger partial charge on any atom is -0.480 e. The maximum absolute atomic E-state index is 13.8. The SMILES string of the molecule is CC(C)N(CC(=O)O)C(=O)Nc1cc(C(F)(F)F)c(C#CCNc2ccc(C(=N)N)cc2)cc1C(F)(F)F. The Morgan fingerprint density at radius 1 is 1.05 bits per heavy atom. The second-order valence-corrected chi connectivity index (χ2v) is 8.13. The molecule has 0 saturated heterocycles. The molecule has 0 aliphatic rings. The number of aliphatic carboxylic acids is 1. The summed E-state index contributed by atoms with van der Waals surface area (Å²) in [6, 6.07) is 4.30. The quantitative estimate of drug-likeness (QED) is 0.148. The van der Waals surface area contributed by atoms with E-state index in [0.717, 1.165) is 0 Å². The number of nitrogens with zero attached hydrogens (tertiary/aromatic N) is 1. The summed E-state index contributed by atoms with van der Waals surface area (Å²) in [5, 5.41) is 20.8. The number of carboxylic acid groups (broad SMARTS) is 1. The van der Waals surface area contributed by atoms with Crippen molar-refractivity contribution in [2.75, 3.05) is 23.7 Å². The second kappa shape index (κ2) is 11.8. The van der Waals surface area contributed by atoms with E-state index in [1.54, 1.807) is 5.32 Å². The Hall–Kier alpha value is -4.41. The molecular weight excluding hydrogens is 520 g/mol. The van der Waals surface area contributed by atoms with E-state index < -0.39 is 59.3 Å². The predicted molar refractivity (Wildman–Crippen MR) is 128 cm³/mol. The molecule has 2 aromatic rings. The summed E-state index contributed by atoms with van der Waals surface area (Å²) in [4.78, 5) is 24.1. The number of amidine groups is 1. The maximum atomic E-state index is 13.8. The van der Waals surface area contributed by atoms with Crippen LogP contribution in [-0.2, 0) is 17.1 Å². The molecule has 2 aromatic carbocycles. The number of amides is 2. The molecule has 0 spiro atoms. The number of nitrogens with two attached hydrogens (primary N) is 1. The Labute approximate surface area is 213 Å². The van der Waals surface area contributed by atoms with Crippen LogP contribution < -0.4 is 16.4 Å². The Bertz CT molecular complexity index is 1260. The van der Waals surface area contributed by atoms with E-state index in [2.05, 4.69) is 17.2 Å². The third-order valence-electron chi connectivity index (χ3n) is 5.00. The lowest BCUT2D eigenvalue weighted by atomic mass is 10.0. The van der Waals surface area contributed by atoms with Gasteiger partial charge < -0.3 is 26.4 Å².